The van der Waals surface area contributed by atoms with Crippen molar-refractivity contribution in [3.63, 3.8) is 0 Å². The first-order chi connectivity index (χ1) is 12.4. The van der Waals surface area contributed by atoms with E-state index in [-0.39, 0.29) is 18.3 Å². The molecule has 1 unspecified atom stereocenters. The highest BCUT2D eigenvalue weighted by atomic mass is 35.5. The Bertz CT molecular complexity index is 731. The molecule has 2 aromatic rings. The number of ether oxygens (including phenoxy) is 1. The van der Waals surface area contributed by atoms with Crippen molar-refractivity contribution in [1.82, 2.24) is 0 Å². The van der Waals surface area contributed by atoms with E-state index < -0.39 is 5.97 Å². The summed E-state index contributed by atoms with van der Waals surface area (Å²) in [6.07, 6.45) is 1.75. The molecular weight excluding hydrogens is 375 g/mol. The van der Waals surface area contributed by atoms with Gasteiger partial charge in [0.2, 0.25) is 0 Å². The maximum atomic E-state index is 12.5. The molecule has 0 fully saturated rings. The molecule has 0 aliphatic heterocycles. The minimum atomic E-state index is -0.745. The quantitative estimate of drug-likeness (QED) is 0.482. The third-order valence-electron chi connectivity index (χ3n) is 3.49. The Labute approximate surface area is 163 Å². The summed E-state index contributed by atoms with van der Waals surface area (Å²) in [4.78, 5) is 21.8. The molecule has 0 radical (unpaired) electrons. The second kappa shape index (κ2) is 11.6. The van der Waals surface area contributed by atoms with E-state index in [9.17, 15) is 9.59 Å². The van der Waals surface area contributed by atoms with Crippen molar-refractivity contribution in [2.24, 2.45) is 0 Å². The predicted octanol–water partition coefficient (Wildman–Crippen LogP) is 5.96. The lowest BCUT2D eigenvalue weighted by Gasteiger charge is -2.17. The van der Waals surface area contributed by atoms with Crippen molar-refractivity contribution in [3.05, 3.63) is 64.1 Å². The largest absolute Gasteiger partial charge is 0.481 e. The Morgan fingerprint density at radius 2 is 1.54 bits per heavy atom. The topological polar surface area (TPSA) is 63.6 Å². The Hall–Kier alpha value is -2.04. The lowest BCUT2D eigenvalue weighted by molar-refractivity contribution is -0.137. The number of hydrogen-bond donors (Lipinski definition) is 1. The molecular formula is C20H22Cl2O4. The fourth-order valence-corrected chi connectivity index (χ4v) is 2.60. The van der Waals surface area contributed by atoms with Crippen LogP contribution >= 0.6 is 23.2 Å². The maximum absolute atomic E-state index is 12.5. The van der Waals surface area contributed by atoms with Crippen molar-refractivity contribution in [1.29, 1.82) is 0 Å². The van der Waals surface area contributed by atoms with E-state index in [1.807, 2.05) is 25.1 Å². The summed E-state index contributed by atoms with van der Waals surface area (Å²) >= 11 is 12.2. The number of carbonyl (C=O) groups excluding carboxylic acids is 1. The number of esters is 1. The average molecular weight is 397 g/mol. The van der Waals surface area contributed by atoms with Crippen LogP contribution in [0.1, 0.15) is 44.6 Å². The molecule has 0 aromatic heterocycles. The van der Waals surface area contributed by atoms with E-state index in [0.717, 1.165) is 12.0 Å². The summed E-state index contributed by atoms with van der Waals surface area (Å²) in [5.41, 5.74) is 0.790. The highest BCUT2D eigenvalue weighted by molar-refractivity contribution is 6.32. The molecule has 0 amide bonds. The standard InChI is InChI=1S/C17H16Cl2O2.C3H6O2/c1-2-7-13(12-8-3-4-9-14(12)18)17(20)21-16-11-6-5-10-15(16)19;1-2-3(4)5/h3-6,8-11,13H,2,7H2,1H3;2H2,1H3,(H,4,5). The van der Waals surface area contributed by atoms with E-state index in [4.69, 9.17) is 33.0 Å². The predicted molar refractivity (Wildman–Crippen MR) is 104 cm³/mol. The summed E-state index contributed by atoms with van der Waals surface area (Å²) in [6.45, 7) is 3.62. The second-order valence-electron chi connectivity index (χ2n) is 5.46. The number of halogens is 2. The molecule has 0 heterocycles. The Kier molecular flexibility index (Phi) is 9.78. The van der Waals surface area contributed by atoms with Crippen molar-refractivity contribution in [3.8, 4) is 5.75 Å². The zero-order chi connectivity index (χ0) is 19.5. The van der Waals surface area contributed by atoms with Gasteiger partial charge in [-0.2, -0.15) is 0 Å². The number of hydrogen-bond acceptors (Lipinski definition) is 3. The molecule has 2 aromatic carbocycles. The van der Waals surface area contributed by atoms with Crippen LogP contribution < -0.4 is 4.74 Å². The normalized spacial score (nSPS) is 11.1. The molecule has 1 atom stereocenters. The van der Waals surface area contributed by atoms with Gasteiger partial charge in [-0.3, -0.25) is 9.59 Å². The molecule has 26 heavy (non-hydrogen) atoms. The van der Waals surface area contributed by atoms with E-state index in [1.165, 1.54) is 0 Å². The van der Waals surface area contributed by atoms with Gasteiger partial charge in [-0.15, -0.1) is 0 Å². The Balaban J connectivity index is 0.000000597. The molecule has 0 bridgehead atoms. The fourth-order valence-electron chi connectivity index (χ4n) is 2.15. The van der Waals surface area contributed by atoms with Crippen LogP contribution in [-0.2, 0) is 9.59 Å². The molecule has 0 aliphatic carbocycles. The lowest BCUT2D eigenvalue weighted by Crippen LogP contribution is -2.19. The first kappa shape index (κ1) is 22.0. The summed E-state index contributed by atoms with van der Waals surface area (Å²) in [7, 11) is 0. The molecule has 6 heteroatoms. The molecule has 2 rings (SSSR count). The fraction of sp³-hybridized carbons (Fsp3) is 0.300. The van der Waals surface area contributed by atoms with E-state index in [0.29, 0.717) is 22.2 Å². The smallest absolute Gasteiger partial charge is 0.318 e. The maximum Gasteiger partial charge on any atom is 0.318 e. The second-order valence-corrected chi connectivity index (χ2v) is 6.28. The molecule has 140 valence electrons. The van der Waals surface area contributed by atoms with Crippen LogP contribution in [0, 0.1) is 0 Å². The summed E-state index contributed by atoms with van der Waals surface area (Å²) in [5.74, 6) is -1.10. The van der Waals surface area contributed by atoms with E-state index >= 15 is 0 Å². The van der Waals surface area contributed by atoms with Gasteiger partial charge in [-0.1, -0.05) is 73.8 Å². The van der Waals surface area contributed by atoms with Crippen LogP contribution in [0.4, 0.5) is 0 Å². The van der Waals surface area contributed by atoms with E-state index in [2.05, 4.69) is 0 Å². The van der Waals surface area contributed by atoms with E-state index in [1.54, 1.807) is 37.3 Å². The number of carbonyl (C=O) groups is 2. The van der Waals surface area contributed by atoms with Gasteiger partial charge in [0.05, 0.1) is 10.9 Å². The third kappa shape index (κ3) is 7.06. The van der Waals surface area contributed by atoms with Crippen LogP contribution in [0.15, 0.2) is 48.5 Å². The van der Waals surface area contributed by atoms with Crippen molar-refractivity contribution in [2.75, 3.05) is 0 Å². The van der Waals surface area contributed by atoms with Crippen molar-refractivity contribution >= 4 is 35.1 Å². The number of aliphatic carboxylic acids is 1. The SMILES string of the molecule is CCC(=O)O.CCCC(C(=O)Oc1ccccc1Cl)c1ccccc1Cl. The zero-order valence-corrected chi connectivity index (χ0v) is 16.3. The molecule has 0 saturated heterocycles. The van der Waals surface area contributed by atoms with Crippen LogP contribution in [0.25, 0.3) is 0 Å². The minimum Gasteiger partial charge on any atom is -0.481 e. The highest BCUT2D eigenvalue weighted by Gasteiger charge is 2.24. The lowest BCUT2D eigenvalue weighted by atomic mass is 9.94. The Morgan fingerprint density at radius 3 is 2.04 bits per heavy atom. The van der Waals surface area contributed by atoms with Gasteiger partial charge in [-0.25, -0.2) is 0 Å². The van der Waals surface area contributed by atoms with Crippen LogP contribution in [0.3, 0.4) is 0 Å². The molecule has 0 spiro atoms. The zero-order valence-electron chi connectivity index (χ0n) is 14.7. The Morgan fingerprint density at radius 1 is 1.00 bits per heavy atom. The first-order valence-electron chi connectivity index (χ1n) is 8.33. The monoisotopic (exact) mass is 396 g/mol. The minimum absolute atomic E-state index is 0.222. The van der Waals surface area contributed by atoms with Gasteiger partial charge >= 0.3 is 11.9 Å². The van der Waals surface area contributed by atoms with Crippen molar-refractivity contribution in [2.45, 2.75) is 39.0 Å². The van der Waals surface area contributed by atoms with Gasteiger partial charge in [0.1, 0.15) is 5.75 Å². The van der Waals surface area contributed by atoms with Gasteiger partial charge < -0.3 is 9.84 Å². The number of carboxylic acid groups (broad SMARTS) is 1. The molecule has 0 saturated carbocycles. The van der Waals surface area contributed by atoms with Crippen molar-refractivity contribution < 1.29 is 19.4 Å². The molecule has 1 N–H and O–H groups in total. The molecule has 4 nitrogen and oxygen atoms in total. The summed E-state index contributed by atoms with van der Waals surface area (Å²) in [6, 6.07) is 14.3. The van der Waals surface area contributed by atoms with Crippen LogP contribution in [-0.4, -0.2) is 17.0 Å². The highest BCUT2D eigenvalue weighted by Crippen LogP contribution is 2.31. The van der Waals surface area contributed by atoms with Gasteiger partial charge in [0.15, 0.2) is 0 Å². The number of benzene rings is 2. The van der Waals surface area contributed by atoms with Gasteiger partial charge in [0.25, 0.3) is 0 Å². The summed E-state index contributed by atoms with van der Waals surface area (Å²) < 4.78 is 5.44. The van der Waals surface area contributed by atoms with Crippen LogP contribution in [0.2, 0.25) is 10.0 Å². The number of para-hydroxylation sites is 1. The summed E-state index contributed by atoms with van der Waals surface area (Å²) in [5, 5.41) is 8.72. The molecule has 0 aliphatic rings. The van der Waals surface area contributed by atoms with Gasteiger partial charge in [0, 0.05) is 11.4 Å². The van der Waals surface area contributed by atoms with Crippen LogP contribution in [0.5, 0.6) is 5.75 Å². The first-order valence-corrected chi connectivity index (χ1v) is 9.08. The third-order valence-corrected chi connectivity index (χ3v) is 4.15. The number of carboxylic acids is 1. The number of rotatable bonds is 6. The van der Waals surface area contributed by atoms with Gasteiger partial charge in [-0.05, 0) is 30.2 Å². The average Bonchev–Trinajstić information content (AvgIpc) is 2.63.